The molecule has 3 aromatic rings. The fourth-order valence-electron chi connectivity index (χ4n) is 5.89. The van der Waals surface area contributed by atoms with Crippen molar-refractivity contribution in [1.29, 1.82) is 0 Å². The van der Waals surface area contributed by atoms with Gasteiger partial charge in [-0.15, -0.1) is 22.7 Å². The number of nitrogens with one attached hydrogen (secondary N) is 1. The maximum atomic E-state index is 13.2. The SMILES string of the molecule is O=C(O)CCC/C=C/CC1C2CCC(C2)C1NC(=O)c1ccc(Cc2csc3ccccc23)s1. The van der Waals surface area contributed by atoms with Crippen molar-refractivity contribution in [3.05, 3.63) is 69.2 Å². The number of rotatable bonds is 10. The molecule has 2 heterocycles. The van der Waals surface area contributed by atoms with Gasteiger partial charge in [0.1, 0.15) is 0 Å². The third-order valence-electron chi connectivity index (χ3n) is 7.53. The van der Waals surface area contributed by atoms with E-state index in [0.717, 1.165) is 24.1 Å². The highest BCUT2D eigenvalue weighted by atomic mass is 32.1. The summed E-state index contributed by atoms with van der Waals surface area (Å²) in [7, 11) is 0. The maximum Gasteiger partial charge on any atom is 0.303 e. The molecule has 2 aliphatic rings. The van der Waals surface area contributed by atoms with Gasteiger partial charge in [-0.25, -0.2) is 0 Å². The van der Waals surface area contributed by atoms with E-state index in [1.807, 2.05) is 6.07 Å². The number of carbonyl (C=O) groups excluding carboxylic acids is 1. The van der Waals surface area contributed by atoms with Gasteiger partial charge in [-0.3, -0.25) is 9.59 Å². The molecule has 178 valence electrons. The Labute approximate surface area is 208 Å². The van der Waals surface area contributed by atoms with E-state index in [2.05, 4.69) is 53.2 Å². The van der Waals surface area contributed by atoms with Gasteiger partial charge in [-0.2, -0.15) is 0 Å². The largest absolute Gasteiger partial charge is 0.481 e. The van der Waals surface area contributed by atoms with E-state index in [0.29, 0.717) is 24.2 Å². The van der Waals surface area contributed by atoms with E-state index >= 15 is 0 Å². The third kappa shape index (κ3) is 5.13. The summed E-state index contributed by atoms with van der Waals surface area (Å²) in [6, 6.07) is 12.8. The second kappa shape index (κ2) is 10.4. The van der Waals surface area contributed by atoms with E-state index in [9.17, 15) is 9.59 Å². The van der Waals surface area contributed by atoms with Gasteiger partial charge in [0.15, 0.2) is 0 Å². The minimum Gasteiger partial charge on any atom is -0.481 e. The Balaban J connectivity index is 1.19. The Morgan fingerprint density at radius 2 is 1.94 bits per heavy atom. The molecule has 5 rings (SSSR count). The summed E-state index contributed by atoms with van der Waals surface area (Å²) >= 11 is 3.39. The Bertz CT molecular complexity index is 1190. The molecule has 2 fully saturated rings. The number of unbranched alkanes of at least 4 members (excludes halogenated alkanes) is 1. The van der Waals surface area contributed by atoms with Crippen LogP contribution in [-0.4, -0.2) is 23.0 Å². The number of hydrogen-bond acceptors (Lipinski definition) is 4. The number of benzene rings is 1. The van der Waals surface area contributed by atoms with Gasteiger partial charge in [0.2, 0.25) is 0 Å². The van der Waals surface area contributed by atoms with Crippen LogP contribution in [0.2, 0.25) is 0 Å². The van der Waals surface area contributed by atoms with Crippen LogP contribution in [0, 0.1) is 17.8 Å². The summed E-state index contributed by atoms with van der Waals surface area (Å²) in [5, 5.41) is 15.7. The fraction of sp³-hybridized carbons (Fsp3) is 0.429. The van der Waals surface area contributed by atoms with Crippen LogP contribution in [0.1, 0.15) is 65.1 Å². The predicted molar refractivity (Wildman–Crippen MR) is 140 cm³/mol. The van der Waals surface area contributed by atoms with E-state index in [4.69, 9.17) is 5.11 Å². The molecule has 2 aliphatic carbocycles. The number of thiophene rings is 2. The van der Waals surface area contributed by atoms with Crippen molar-refractivity contribution in [3.8, 4) is 0 Å². The summed E-state index contributed by atoms with van der Waals surface area (Å²) in [5.41, 5.74) is 1.33. The Morgan fingerprint density at radius 3 is 2.82 bits per heavy atom. The van der Waals surface area contributed by atoms with Crippen LogP contribution in [0.25, 0.3) is 10.1 Å². The van der Waals surface area contributed by atoms with Crippen LogP contribution in [0.15, 0.2) is 53.9 Å². The number of fused-ring (bicyclic) bond motifs is 3. The average Bonchev–Trinajstić information content (AvgIpc) is 3.62. The summed E-state index contributed by atoms with van der Waals surface area (Å²) in [6.45, 7) is 0. The molecule has 4 atom stereocenters. The smallest absolute Gasteiger partial charge is 0.303 e. The van der Waals surface area contributed by atoms with Crippen LogP contribution in [0.4, 0.5) is 0 Å². The minimum atomic E-state index is -0.732. The van der Waals surface area contributed by atoms with Crippen molar-refractivity contribution in [3.63, 3.8) is 0 Å². The quantitative estimate of drug-likeness (QED) is 0.238. The summed E-state index contributed by atoms with van der Waals surface area (Å²) in [6.07, 6.45) is 11.6. The van der Waals surface area contributed by atoms with E-state index in [1.54, 1.807) is 22.7 Å². The zero-order valence-electron chi connectivity index (χ0n) is 19.2. The number of allylic oxidation sites excluding steroid dienone is 2. The molecular formula is C28H31NO3S2. The molecule has 4 unspecified atom stereocenters. The normalized spacial score (nSPS) is 23.8. The topological polar surface area (TPSA) is 66.4 Å². The second-order valence-corrected chi connectivity index (χ2v) is 11.8. The molecule has 6 heteroatoms. The molecular weight excluding hydrogens is 462 g/mol. The van der Waals surface area contributed by atoms with Crippen molar-refractivity contribution in [2.24, 2.45) is 17.8 Å². The number of carboxylic acid groups (broad SMARTS) is 1. The first-order valence-electron chi connectivity index (χ1n) is 12.3. The molecule has 4 nitrogen and oxygen atoms in total. The predicted octanol–water partition coefficient (Wildman–Crippen LogP) is 6.90. The third-order valence-corrected chi connectivity index (χ3v) is 9.63. The number of hydrogen-bond donors (Lipinski definition) is 2. The number of carboxylic acids is 1. The number of amides is 1. The minimum absolute atomic E-state index is 0.0689. The maximum absolute atomic E-state index is 13.2. The van der Waals surface area contributed by atoms with Crippen molar-refractivity contribution in [2.75, 3.05) is 0 Å². The highest BCUT2D eigenvalue weighted by Gasteiger charge is 2.47. The molecule has 2 saturated carbocycles. The lowest BCUT2D eigenvalue weighted by atomic mass is 9.82. The molecule has 0 aliphatic heterocycles. The molecule has 2 aromatic heterocycles. The lowest BCUT2D eigenvalue weighted by Gasteiger charge is -2.31. The lowest BCUT2D eigenvalue weighted by molar-refractivity contribution is -0.137. The molecule has 1 aromatic carbocycles. The Hall–Kier alpha value is -2.44. The number of carbonyl (C=O) groups is 2. The van der Waals surface area contributed by atoms with Gasteiger partial charge < -0.3 is 10.4 Å². The van der Waals surface area contributed by atoms with Crippen LogP contribution in [0.5, 0.6) is 0 Å². The summed E-state index contributed by atoms with van der Waals surface area (Å²) < 4.78 is 1.31. The molecule has 34 heavy (non-hydrogen) atoms. The first-order chi connectivity index (χ1) is 16.6. The van der Waals surface area contributed by atoms with Gasteiger partial charge in [0.05, 0.1) is 4.88 Å². The van der Waals surface area contributed by atoms with E-state index in [1.165, 1.54) is 39.8 Å². The number of aliphatic carboxylic acids is 1. The van der Waals surface area contributed by atoms with Crippen LogP contribution < -0.4 is 5.32 Å². The highest BCUT2D eigenvalue weighted by Crippen LogP contribution is 2.50. The van der Waals surface area contributed by atoms with Gasteiger partial charge in [0, 0.05) is 28.5 Å². The van der Waals surface area contributed by atoms with Crippen molar-refractivity contribution >= 4 is 44.6 Å². The molecule has 1 amide bonds. The molecule has 0 radical (unpaired) electrons. The first-order valence-corrected chi connectivity index (χ1v) is 14.0. The summed E-state index contributed by atoms with van der Waals surface area (Å²) in [5.74, 6) is 1.12. The van der Waals surface area contributed by atoms with Crippen molar-refractivity contribution in [2.45, 2.75) is 57.4 Å². The standard InChI is InChI=1S/C28H31NO3S2/c30-26(31)10-4-2-1-3-8-23-18-11-12-19(15-18)27(23)29-28(32)25-14-13-21(34-25)16-20-17-33-24-9-6-5-7-22(20)24/h1,3,5-7,9,13-14,17-19,23,27H,2,4,8,10-12,15-16H2,(H,29,32)(H,30,31)/b3-1+. The van der Waals surface area contributed by atoms with Crippen molar-refractivity contribution in [1.82, 2.24) is 5.32 Å². The Morgan fingerprint density at radius 1 is 1.09 bits per heavy atom. The van der Waals surface area contributed by atoms with Crippen LogP contribution in [-0.2, 0) is 11.2 Å². The van der Waals surface area contributed by atoms with Crippen molar-refractivity contribution < 1.29 is 14.7 Å². The molecule has 0 spiro atoms. The second-order valence-electron chi connectivity index (χ2n) is 9.69. The Kier molecular flexibility index (Phi) is 7.16. The first kappa shape index (κ1) is 23.3. The molecule has 2 N–H and O–H groups in total. The van der Waals surface area contributed by atoms with E-state index < -0.39 is 5.97 Å². The summed E-state index contributed by atoms with van der Waals surface area (Å²) in [4.78, 5) is 25.8. The monoisotopic (exact) mass is 493 g/mol. The molecule has 2 bridgehead atoms. The van der Waals surface area contributed by atoms with Crippen LogP contribution >= 0.6 is 22.7 Å². The zero-order chi connectivity index (χ0) is 23.5. The average molecular weight is 494 g/mol. The molecule has 0 saturated heterocycles. The lowest BCUT2D eigenvalue weighted by Crippen LogP contribution is -2.43. The van der Waals surface area contributed by atoms with E-state index in [-0.39, 0.29) is 18.4 Å². The fourth-order valence-corrected chi connectivity index (χ4v) is 7.79. The zero-order valence-corrected chi connectivity index (χ0v) is 20.9. The van der Waals surface area contributed by atoms with Gasteiger partial charge >= 0.3 is 5.97 Å². The highest BCUT2D eigenvalue weighted by molar-refractivity contribution is 7.17. The van der Waals surface area contributed by atoms with Gasteiger partial charge in [-0.1, -0.05) is 30.4 Å². The van der Waals surface area contributed by atoms with Gasteiger partial charge in [-0.05, 0) is 90.8 Å². The van der Waals surface area contributed by atoms with Crippen LogP contribution in [0.3, 0.4) is 0 Å². The van der Waals surface area contributed by atoms with Gasteiger partial charge in [0.25, 0.3) is 5.91 Å².